The first kappa shape index (κ1) is 26.4. The number of amides is 1. The maximum absolute atomic E-state index is 13.3. The minimum atomic E-state index is -3.99. The maximum atomic E-state index is 13.3. The van der Waals surface area contributed by atoms with Gasteiger partial charge in [-0.25, -0.2) is 8.42 Å². The highest BCUT2D eigenvalue weighted by Gasteiger charge is 2.27. The number of anilines is 1. The zero-order valence-corrected chi connectivity index (χ0v) is 21.9. The van der Waals surface area contributed by atoms with Crippen LogP contribution >= 0.6 is 35.0 Å². The first-order valence-corrected chi connectivity index (χ1v) is 14.1. The summed E-state index contributed by atoms with van der Waals surface area (Å²) >= 11 is 13.9. The molecule has 0 saturated heterocycles. The highest BCUT2D eigenvalue weighted by atomic mass is 35.5. The zero-order valence-electron chi connectivity index (χ0n) is 18.7. The summed E-state index contributed by atoms with van der Waals surface area (Å²) in [5.74, 6) is 1.40. The largest absolute Gasteiger partial charge is 0.354 e. The molecule has 0 heterocycles. The van der Waals surface area contributed by atoms with E-state index in [4.69, 9.17) is 23.2 Å². The van der Waals surface area contributed by atoms with Gasteiger partial charge in [-0.1, -0.05) is 71.2 Å². The van der Waals surface area contributed by atoms with E-state index in [9.17, 15) is 13.2 Å². The fraction of sp³-hybridized carbons (Fsp3) is 0.240. The van der Waals surface area contributed by atoms with Gasteiger partial charge in [-0.15, -0.1) is 0 Å². The molecule has 0 aliphatic carbocycles. The molecule has 5 nitrogen and oxygen atoms in total. The minimum absolute atomic E-state index is 0.0846. The van der Waals surface area contributed by atoms with Crippen molar-refractivity contribution in [2.45, 2.75) is 24.0 Å². The first-order chi connectivity index (χ1) is 16.3. The molecule has 0 unspecified atom stereocenters. The topological polar surface area (TPSA) is 66.5 Å². The molecule has 3 rings (SSSR count). The molecule has 9 heteroatoms. The van der Waals surface area contributed by atoms with Gasteiger partial charge in [0.05, 0.1) is 20.6 Å². The van der Waals surface area contributed by atoms with Gasteiger partial charge >= 0.3 is 0 Å². The number of benzene rings is 3. The SMILES string of the molecule is Cc1ccc(CSCCCNC(=O)CN(c2ccc(Cl)c(Cl)c2)S(=O)(=O)c2ccccc2)cc1. The molecule has 0 aliphatic heterocycles. The first-order valence-electron chi connectivity index (χ1n) is 10.7. The average Bonchev–Trinajstić information content (AvgIpc) is 2.83. The van der Waals surface area contributed by atoms with Crippen LogP contribution in [0.3, 0.4) is 0 Å². The lowest BCUT2D eigenvalue weighted by Gasteiger charge is -2.24. The molecule has 34 heavy (non-hydrogen) atoms. The molecule has 0 fully saturated rings. The van der Waals surface area contributed by atoms with Crippen molar-refractivity contribution in [1.29, 1.82) is 0 Å². The van der Waals surface area contributed by atoms with Crippen molar-refractivity contribution in [1.82, 2.24) is 5.32 Å². The van der Waals surface area contributed by atoms with Crippen molar-refractivity contribution >= 4 is 56.6 Å². The summed E-state index contributed by atoms with van der Waals surface area (Å²) in [5, 5.41) is 3.33. The normalized spacial score (nSPS) is 11.3. The number of carbonyl (C=O) groups excluding carboxylic acids is 1. The summed E-state index contributed by atoms with van der Waals surface area (Å²) in [6.07, 6.45) is 0.778. The summed E-state index contributed by atoms with van der Waals surface area (Å²) in [5.41, 5.74) is 2.77. The Morgan fingerprint density at radius 1 is 0.971 bits per heavy atom. The van der Waals surface area contributed by atoms with E-state index in [1.165, 1.54) is 41.5 Å². The number of sulfonamides is 1. The number of rotatable bonds is 11. The smallest absolute Gasteiger partial charge is 0.264 e. The highest BCUT2D eigenvalue weighted by molar-refractivity contribution is 7.98. The summed E-state index contributed by atoms with van der Waals surface area (Å²) in [7, 11) is -3.99. The van der Waals surface area contributed by atoms with Crippen LogP contribution in [-0.2, 0) is 20.6 Å². The Hall–Kier alpha value is -2.19. The van der Waals surface area contributed by atoms with Crippen LogP contribution in [0.2, 0.25) is 10.0 Å². The number of nitrogens with one attached hydrogen (secondary N) is 1. The van der Waals surface area contributed by atoms with Crippen LogP contribution in [0.5, 0.6) is 0 Å². The van der Waals surface area contributed by atoms with E-state index in [0.29, 0.717) is 11.6 Å². The van der Waals surface area contributed by atoms with Crippen molar-refractivity contribution < 1.29 is 13.2 Å². The van der Waals surface area contributed by atoms with Crippen molar-refractivity contribution in [3.05, 3.63) is 94.0 Å². The van der Waals surface area contributed by atoms with Crippen LogP contribution in [0.1, 0.15) is 17.5 Å². The molecule has 0 bridgehead atoms. The molecule has 0 saturated carbocycles. The molecule has 0 aliphatic rings. The summed E-state index contributed by atoms with van der Waals surface area (Å²) in [6, 6.07) is 20.9. The molecule has 0 spiro atoms. The second kappa shape index (κ2) is 12.5. The van der Waals surface area contributed by atoms with E-state index in [-0.39, 0.29) is 22.2 Å². The van der Waals surface area contributed by atoms with Crippen molar-refractivity contribution in [2.75, 3.05) is 23.1 Å². The average molecular weight is 538 g/mol. The number of hydrogen-bond donors (Lipinski definition) is 1. The third kappa shape index (κ3) is 7.40. The zero-order chi connectivity index (χ0) is 24.6. The van der Waals surface area contributed by atoms with Gasteiger partial charge in [0, 0.05) is 12.3 Å². The number of nitrogens with zero attached hydrogens (tertiary/aromatic N) is 1. The monoisotopic (exact) mass is 536 g/mol. The van der Waals surface area contributed by atoms with Crippen LogP contribution in [0.25, 0.3) is 0 Å². The minimum Gasteiger partial charge on any atom is -0.354 e. The number of aryl methyl sites for hydroxylation is 1. The Labute approximate surface area is 215 Å². The Bertz CT molecular complexity index is 1200. The lowest BCUT2D eigenvalue weighted by molar-refractivity contribution is -0.119. The van der Waals surface area contributed by atoms with E-state index >= 15 is 0 Å². The molecule has 0 atom stereocenters. The summed E-state index contributed by atoms with van der Waals surface area (Å²) in [6.45, 7) is 2.15. The maximum Gasteiger partial charge on any atom is 0.264 e. The van der Waals surface area contributed by atoms with Crippen LogP contribution in [0.15, 0.2) is 77.7 Å². The van der Waals surface area contributed by atoms with Crippen molar-refractivity contribution in [3.8, 4) is 0 Å². The predicted molar refractivity (Wildman–Crippen MR) is 142 cm³/mol. The molecule has 1 amide bonds. The second-order valence-corrected chi connectivity index (χ2v) is 11.4. The van der Waals surface area contributed by atoms with Gasteiger partial charge in [0.15, 0.2) is 0 Å². The van der Waals surface area contributed by atoms with Crippen LogP contribution < -0.4 is 9.62 Å². The lowest BCUT2D eigenvalue weighted by Crippen LogP contribution is -2.41. The van der Waals surface area contributed by atoms with Crippen LogP contribution in [0.4, 0.5) is 5.69 Å². The van der Waals surface area contributed by atoms with E-state index in [2.05, 4.69) is 36.5 Å². The second-order valence-electron chi connectivity index (χ2n) is 7.66. The van der Waals surface area contributed by atoms with E-state index in [0.717, 1.165) is 22.2 Å². The Kier molecular flexibility index (Phi) is 9.71. The van der Waals surface area contributed by atoms with E-state index in [1.54, 1.807) is 30.0 Å². The molecule has 0 radical (unpaired) electrons. The van der Waals surface area contributed by atoms with Gasteiger partial charge in [0.25, 0.3) is 10.0 Å². The number of hydrogen-bond acceptors (Lipinski definition) is 4. The predicted octanol–water partition coefficient (Wildman–Crippen LogP) is 5.94. The fourth-order valence-electron chi connectivity index (χ4n) is 3.14. The van der Waals surface area contributed by atoms with Gasteiger partial charge in [-0.2, -0.15) is 11.8 Å². The number of thioether (sulfide) groups is 1. The Morgan fingerprint density at radius 3 is 2.35 bits per heavy atom. The third-order valence-electron chi connectivity index (χ3n) is 4.99. The Morgan fingerprint density at radius 2 is 1.68 bits per heavy atom. The van der Waals surface area contributed by atoms with E-state index < -0.39 is 15.9 Å². The summed E-state index contributed by atoms with van der Waals surface area (Å²) in [4.78, 5) is 12.7. The standard InChI is InChI=1S/C25H26Cl2N2O3S2/c1-19-8-10-20(11-9-19)18-33-15-5-14-28-25(30)17-29(21-12-13-23(26)24(27)16-21)34(31,32)22-6-3-2-4-7-22/h2-4,6-13,16H,5,14-15,17-18H2,1H3,(H,28,30). The van der Waals surface area contributed by atoms with Gasteiger partial charge < -0.3 is 5.32 Å². The molecular weight excluding hydrogens is 511 g/mol. The van der Waals surface area contributed by atoms with Crippen molar-refractivity contribution in [3.63, 3.8) is 0 Å². The molecule has 1 N–H and O–H groups in total. The lowest BCUT2D eigenvalue weighted by atomic mass is 10.2. The molecular formula is C25H26Cl2N2O3S2. The molecule has 180 valence electrons. The highest BCUT2D eigenvalue weighted by Crippen LogP contribution is 2.30. The van der Waals surface area contributed by atoms with Gasteiger partial charge in [-0.3, -0.25) is 9.10 Å². The molecule has 3 aromatic carbocycles. The Balaban J connectivity index is 1.59. The third-order valence-corrected chi connectivity index (χ3v) is 8.63. The number of halogens is 2. The fourth-order valence-corrected chi connectivity index (χ4v) is 5.78. The van der Waals surface area contributed by atoms with Gasteiger partial charge in [-0.05, 0) is 55.0 Å². The molecule has 3 aromatic rings. The van der Waals surface area contributed by atoms with Gasteiger partial charge in [0.2, 0.25) is 5.91 Å². The van der Waals surface area contributed by atoms with Crippen molar-refractivity contribution in [2.24, 2.45) is 0 Å². The molecule has 0 aromatic heterocycles. The summed E-state index contributed by atoms with van der Waals surface area (Å²) < 4.78 is 27.7. The van der Waals surface area contributed by atoms with Gasteiger partial charge in [0.1, 0.15) is 6.54 Å². The van der Waals surface area contributed by atoms with Crippen LogP contribution in [-0.4, -0.2) is 33.2 Å². The quantitative estimate of drug-likeness (QED) is 0.308. The van der Waals surface area contributed by atoms with E-state index in [1.807, 2.05) is 0 Å². The number of carbonyl (C=O) groups is 1. The van der Waals surface area contributed by atoms with Crippen LogP contribution in [0, 0.1) is 6.92 Å².